The van der Waals surface area contributed by atoms with E-state index in [0.29, 0.717) is 26.9 Å². The van der Waals surface area contributed by atoms with Gasteiger partial charge >= 0.3 is 12.2 Å². The summed E-state index contributed by atoms with van der Waals surface area (Å²) in [4.78, 5) is 39.7. The van der Waals surface area contributed by atoms with Crippen LogP contribution in [0.2, 0.25) is 0 Å². The second kappa shape index (κ2) is 7.31. The number of rotatable bonds is 6. The summed E-state index contributed by atoms with van der Waals surface area (Å²) in [6, 6.07) is 3.26. The van der Waals surface area contributed by atoms with Crippen molar-refractivity contribution in [3.63, 3.8) is 0 Å². The van der Waals surface area contributed by atoms with E-state index in [0.717, 1.165) is 12.8 Å². The van der Waals surface area contributed by atoms with Crippen molar-refractivity contribution in [1.29, 1.82) is 0 Å². The van der Waals surface area contributed by atoms with Gasteiger partial charge in [0.15, 0.2) is 11.5 Å². The minimum absolute atomic E-state index is 0.00620. The van der Waals surface area contributed by atoms with Crippen LogP contribution in [0.15, 0.2) is 18.2 Å². The topological polar surface area (TPSA) is 88.2 Å². The number of urea groups is 1. The van der Waals surface area contributed by atoms with E-state index >= 15 is 0 Å². The second-order valence-electron chi connectivity index (χ2n) is 8.23. The van der Waals surface area contributed by atoms with Gasteiger partial charge in [-0.2, -0.15) is 13.2 Å². The zero-order chi connectivity index (χ0) is 22.6. The van der Waals surface area contributed by atoms with Crippen LogP contribution in [0.4, 0.5) is 18.0 Å². The van der Waals surface area contributed by atoms with Gasteiger partial charge in [-0.05, 0) is 50.3 Å². The van der Waals surface area contributed by atoms with Crippen molar-refractivity contribution in [3.05, 3.63) is 23.8 Å². The van der Waals surface area contributed by atoms with Crippen molar-refractivity contribution in [1.82, 2.24) is 15.1 Å². The molecule has 2 heterocycles. The molecule has 31 heavy (non-hydrogen) atoms. The third kappa shape index (κ3) is 4.00. The summed E-state index contributed by atoms with van der Waals surface area (Å²) in [5.74, 6) is -0.753. The van der Waals surface area contributed by atoms with Crippen LogP contribution in [0.1, 0.15) is 32.3 Å². The highest BCUT2D eigenvalue weighted by molar-refractivity contribution is 6.09. The summed E-state index contributed by atoms with van der Waals surface area (Å²) in [5.41, 5.74) is -1.08. The van der Waals surface area contributed by atoms with Crippen LogP contribution in [0, 0.1) is 5.92 Å². The molecule has 8 nitrogen and oxygen atoms in total. The van der Waals surface area contributed by atoms with Crippen LogP contribution in [-0.4, -0.2) is 59.7 Å². The first-order valence-corrected chi connectivity index (χ1v) is 9.90. The molecule has 168 valence electrons. The molecule has 2 fully saturated rings. The predicted octanol–water partition coefficient (Wildman–Crippen LogP) is 2.37. The number of ether oxygens (including phenoxy) is 2. The molecule has 0 spiro atoms. The molecule has 0 bridgehead atoms. The average Bonchev–Trinajstić information content (AvgIpc) is 3.40. The van der Waals surface area contributed by atoms with Gasteiger partial charge in [-0.1, -0.05) is 6.07 Å². The SMILES string of the molecule is CC(C1CC1)N(CC(F)(F)F)C(=O)CN1C(=O)NC(C)(c2ccc3c(c2)OCO3)C1=O. The summed E-state index contributed by atoms with van der Waals surface area (Å²) in [6.45, 7) is 0.870. The quantitative estimate of drug-likeness (QED) is 0.685. The molecule has 1 aromatic carbocycles. The van der Waals surface area contributed by atoms with Crippen LogP contribution >= 0.6 is 0 Å². The lowest BCUT2D eigenvalue weighted by Crippen LogP contribution is -2.50. The summed E-state index contributed by atoms with van der Waals surface area (Å²) < 4.78 is 49.7. The van der Waals surface area contributed by atoms with Crippen molar-refractivity contribution < 1.29 is 37.0 Å². The highest BCUT2D eigenvalue weighted by Crippen LogP contribution is 2.39. The number of hydrogen-bond acceptors (Lipinski definition) is 5. The molecular formula is C20H22F3N3O5. The molecule has 2 atom stereocenters. The number of fused-ring (bicyclic) bond motifs is 1. The van der Waals surface area contributed by atoms with E-state index < -0.39 is 48.7 Å². The molecule has 1 saturated heterocycles. The number of carbonyl (C=O) groups is 3. The van der Waals surface area contributed by atoms with E-state index in [1.807, 2.05) is 0 Å². The van der Waals surface area contributed by atoms with Gasteiger partial charge in [0.25, 0.3) is 5.91 Å². The molecule has 4 rings (SSSR count). The van der Waals surface area contributed by atoms with Crippen LogP contribution in [0.3, 0.4) is 0 Å². The van der Waals surface area contributed by atoms with Crippen molar-refractivity contribution >= 4 is 17.8 Å². The van der Waals surface area contributed by atoms with Gasteiger partial charge in [-0.25, -0.2) is 4.79 Å². The summed E-state index contributed by atoms with van der Waals surface area (Å²) in [5, 5.41) is 2.54. The lowest BCUT2D eigenvalue weighted by Gasteiger charge is -2.31. The van der Waals surface area contributed by atoms with Gasteiger partial charge < -0.3 is 19.7 Å². The molecule has 1 aromatic rings. The minimum atomic E-state index is -4.59. The lowest BCUT2D eigenvalue weighted by atomic mass is 9.91. The number of nitrogens with one attached hydrogen (secondary N) is 1. The number of imide groups is 1. The maximum atomic E-state index is 13.1. The van der Waals surface area contributed by atoms with E-state index in [4.69, 9.17) is 9.47 Å². The molecule has 1 saturated carbocycles. The van der Waals surface area contributed by atoms with Crippen LogP contribution in [-0.2, 0) is 15.1 Å². The Balaban J connectivity index is 1.53. The lowest BCUT2D eigenvalue weighted by molar-refractivity contribution is -0.166. The van der Waals surface area contributed by atoms with Gasteiger partial charge in [0.2, 0.25) is 12.7 Å². The highest BCUT2D eigenvalue weighted by Gasteiger charge is 2.51. The number of amides is 4. The number of benzene rings is 1. The Kier molecular flexibility index (Phi) is 5.01. The number of nitrogens with zero attached hydrogens (tertiary/aromatic N) is 2. The van der Waals surface area contributed by atoms with E-state index in [2.05, 4.69) is 5.32 Å². The fourth-order valence-electron chi connectivity index (χ4n) is 3.96. The van der Waals surface area contributed by atoms with E-state index in [-0.39, 0.29) is 12.7 Å². The molecule has 3 aliphatic rings. The van der Waals surface area contributed by atoms with Crippen LogP contribution < -0.4 is 14.8 Å². The number of hydrogen-bond donors (Lipinski definition) is 1. The third-order valence-electron chi connectivity index (χ3n) is 5.98. The molecule has 1 aliphatic carbocycles. The van der Waals surface area contributed by atoms with Crippen molar-refractivity contribution in [2.24, 2.45) is 5.92 Å². The van der Waals surface area contributed by atoms with Gasteiger partial charge in [0, 0.05) is 6.04 Å². The van der Waals surface area contributed by atoms with Crippen molar-refractivity contribution in [2.45, 2.75) is 44.4 Å². The van der Waals surface area contributed by atoms with E-state index in [9.17, 15) is 27.6 Å². The average molecular weight is 441 g/mol. The fraction of sp³-hybridized carbons (Fsp3) is 0.550. The first kappa shape index (κ1) is 21.3. The van der Waals surface area contributed by atoms with Crippen LogP contribution in [0.5, 0.6) is 11.5 Å². The monoisotopic (exact) mass is 441 g/mol. The Morgan fingerprint density at radius 3 is 2.61 bits per heavy atom. The van der Waals surface area contributed by atoms with Crippen LogP contribution in [0.25, 0.3) is 0 Å². The molecule has 2 aliphatic heterocycles. The Hall–Kier alpha value is -2.98. The van der Waals surface area contributed by atoms with Gasteiger partial charge in [0.1, 0.15) is 18.6 Å². The van der Waals surface area contributed by atoms with Gasteiger partial charge in [-0.3, -0.25) is 14.5 Å². The summed E-state index contributed by atoms with van der Waals surface area (Å²) in [6.07, 6.45) is -3.10. The Morgan fingerprint density at radius 1 is 1.29 bits per heavy atom. The molecule has 2 unspecified atom stereocenters. The highest BCUT2D eigenvalue weighted by atomic mass is 19.4. The first-order valence-electron chi connectivity index (χ1n) is 9.90. The van der Waals surface area contributed by atoms with Gasteiger partial charge in [0.05, 0.1) is 0 Å². The Labute approximate surface area is 176 Å². The van der Waals surface area contributed by atoms with Gasteiger partial charge in [-0.15, -0.1) is 0 Å². The predicted molar refractivity (Wildman–Crippen MR) is 100 cm³/mol. The molecular weight excluding hydrogens is 419 g/mol. The maximum absolute atomic E-state index is 13.1. The Morgan fingerprint density at radius 2 is 1.97 bits per heavy atom. The summed E-state index contributed by atoms with van der Waals surface area (Å²) >= 11 is 0. The largest absolute Gasteiger partial charge is 0.454 e. The first-order chi connectivity index (χ1) is 14.5. The number of halogens is 3. The van der Waals surface area contributed by atoms with E-state index in [1.54, 1.807) is 25.1 Å². The van der Waals surface area contributed by atoms with Crippen molar-refractivity contribution in [2.75, 3.05) is 19.9 Å². The molecule has 1 N–H and O–H groups in total. The number of alkyl halides is 3. The smallest absolute Gasteiger partial charge is 0.406 e. The summed E-state index contributed by atoms with van der Waals surface area (Å²) in [7, 11) is 0. The van der Waals surface area contributed by atoms with Crippen molar-refractivity contribution in [3.8, 4) is 11.5 Å². The maximum Gasteiger partial charge on any atom is 0.406 e. The molecule has 4 amide bonds. The fourth-order valence-corrected chi connectivity index (χ4v) is 3.96. The normalized spacial score (nSPS) is 23.7. The third-order valence-corrected chi connectivity index (χ3v) is 5.98. The molecule has 0 aromatic heterocycles. The van der Waals surface area contributed by atoms with E-state index in [1.165, 1.54) is 6.92 Å². The standard InChI is InChI=1S/C20H22F3N3O5/c1-11(12-3-4-12)26(9-20(21,22)23)16(27)8-25-17(28)19(2,24-18(25)29)13-5-6-14-15(7-13)31-10-30-14/h5-7,11-12H,3-4,8-10H2,1-2H3,(H,24,29). The minimum Gasteiger partial charge on any atom is -0.454 e. The molecule has 11 heteroatoms. The second-order valence-corrected chi connectivity index (χ2v) is 8.23. The zero-order valence-electron chi connectivity index (χ0n) is 17.0. The molecule has 0 radical (unpaired) electrons. The Bertz CT molecular complexity index is 933. The zero-order valence-corrected chi connectivity index (χ0v) is 17.0. The number of carbonyl (C=O) groups excluding carboxylic acids is 3.